The van der Waals surface area contributed by atoms with Crippen LogP contribution in [0.3, 0.4) is 0 Å². The monoisotopic (exact) mass is 433 g/mol. The maximum atomic E-state index is 12.4. The topological polar surface area (TPSA) is 77.2 Å². The van der Waals surface area contributed by atoms with Crippen molar-refractivity contribution < 1.29 is 13.9 Å². The molecule has 0 radical (unpaired) electrons. The van der Waals surface area contributed by atoms with E-state index in [0.29, 0.717) is 11.1 Å². The van der Waals surface area contributed by atoms with Gasteiger partial charge in [0.05, 0.1) is 11.8 Å². The molecule has 158 valence electrons. The fraction of sp³-hybridized carbons (Fsp3) is 0.208. The van der Waals surface area contributed by atoms with Crippen LogP contribution in [0.15, 0.2) is 76.4 Å². The number of carbonyl (C=O) groups excluding carboxylic acids is 1. The van der Waals surface area contributed by atoms with Gasteiger partial charge in [-0.15, -0.1) is 10.2 Å². The highest BCUT2D eigenvalue weighted by Crippen LogP contribution is 2.21. The Balaban J connectivity index is 1.26. The average Bonchev–Trinajstić information content (AvgIpc) is 3.24. The minimum Gasteiger partial charge on any atom is -0.484 e. The standard InChI is InChI=1S/C24H23N3O3S/c1-16-6-5-9-21(12-16)29-14-23-26-27-24(30-23)31-15-22(28)25-17(2)19-11-10-18-7-3-4-8-20(18)13-19/h3-13,17H,14-15H2,1-2H3,(H,25,28). The summed E-state index contributed by atoms with van der Waals surface area (Å²) >= 11 is 1.21. The first-order valence-corrected chi connectivity index (χ1v) is 11.0. The lowest BCUT2D eigenvalue weighted by atomic mass is 10.0. The summed E-state index contributed by atoms with van der Waals surface area (Å²) in [7, 11) is 0. The third kappa shape index (κ3) is 5.64. The quantitative estimate of drug-likeness (QED) is 0.391. The molecule has 6 nitrogen and oxygen atoms in total. The first kappa shape index (κ1) is 20.9. The Morgan fingerprint density at radius 1 is 1.06 bits per heavy atom. The van der Waals surface area contributed by atoms with E-state index in [0.717, 1.165) is 22.3 Å². The van der Waals surface area contributed by atoms with E-state index in [1.165, 1.54) is 17.1 Å². The van der Waals surface area contributed by atoms with E-state index in [-0.39, 0.29) is 24.3 Å². The number of benzene rings is 3. The van der Waals surface area contributed by atoms with Crippen LogP contribution in [0, 0.1) is 6.92 Å². The molecule has 0 bridgehead atoms. The van der Waals surface area contributed by atoms with Crippen LogP contribution in [-0.4, -0.2) is 21.9 Å². The molecule has 0 aliphatic heterocycles. The molecule has 1 heterocycles. The molecule has 0 aliphatic rings. The van der Waals surface area contributed by atoms with Crippen LogP contribution in [0.5, 0.6) is 5.75 Å². The van der Waals surface area contributed by atoms with Crippen molar-refractivity contribution in [2.45, 2.75) is 31.7 Å². The molecule has 1 aromatic heterocycles. The molecule has 1 N–H and O–H groups in total. The Labute approximate surface area is 185 Å². The van der Waals surface area contributed by atoms with Gasteiger partial charge in [-0.3, -0.25) is 4.79 Å². The lowest BCUT2D eigenvalue weighted by molar-refractivity contribution is -0.119. The van der Waals surface area contributed by atoms with E-state index in [4.69, 9.17) is 9.15 Å². The first-order valence-electron chi connectivity index (χ1n) is 9.99. The van der Waals surface area contributed by atoms with E-state index in [1.807, 2.05) is 56.3 Å². The van der Waals surface area contributed by atoms with Crippen molar-refractivity contribution in [2.24, 2.45) is 0 Å². The molecule has 1 amide bonds. The van der Waals surface area contributed by atoms with E-state index in [2.05, 4.69) is 39.8 Å². The van der Waals surface area contributed by atoms with Gasteiger partial charge >= 0.3 is 0 Å². The molecule has 7 heteroatoms. The van der Waals surface area contributed by atoms with Crippen molar-refractivity contribution in [3.63, 3.8) is 0 Å². The molecule has 31 heavy (non-hydrogen) atoms. The molecule has 1 atom stereocenters. The Morgan fingerprint density at radius 3 is 2.74 bits per heavy atom. The summed E-state index contributed by atoms with van der Waals surface area (Å²) in [5, 5.41) is 13.6. The smallest absolute Gasteiger partial charge is 0.277 e. The average molecular weight is 434 g/mol. The third-order valence-electron chi connectivity index (χ3n) is 4.78. The predicted octanol–water partition coefficient (Wildman–Crippen LogP) is 5.08. The maximum Gasteiger partial charge on any atom is 0.277 e. The zero-order chi connectivity index (χ0) is 21.6. The number of aryl methyl sites for hydroxylation is 1. The van der Waals surface area contributed by atoms with Gasteiger partial charge in [0, 0.05) is 0 Å². The molecule has 4 aromatic rings. The largest absolute Gasteiger partial charge is 0.484 e. The number of carbonyl (C=O) groups is 1. The molecule has 0 saturated carbocycles. The van der Waals surface area contributed by atoms with Gasteiger partial charge in [0.1, 0.15) is 5.75 Å². The van der Waals surface area contributed by atoms with Crippen LogP contribution in [0.2, 0.25) is 0 Å². The van der Waals surface area contributed by atoms with E-state index in [1.54, 1.807) is 0 Å². The molecular weight excluding hydrogens is 410 g/mol. The van der Waals surface area contributed by atoms with Gasteiger partial charge in [-0.2, -0.15) is 0 Å². The van der Waals surface area contributed by atoms with E-state index < -0.39 is 0 Å². The van der Waals surface area contributed by atoms with Gasteiger partial charge in [0.25, 0.3) is 11.1 Å². The number of fused-ring (bicyclic) bond motifs is 1. The third-order valence-corrected chi connectivity index (χ3v) is 5.60. The summed E-state index contributed by atoms with van der Waals surface area (Å²) in [6.07, 6.45) is 0. The number of hydrogen-bond donors (Lipinski definition) is 1. The highest BCUT2D eigenvalue weighted by molar-refractivity contribution is 7.99. The zero-order valence-corrected chi connectivity index (χ0v) is 18.2. The number of aromatic nitrogens is 2. The van der Waals surface area contributed by atoms with Crippen LogP contribution in [-0.2, 0) is 11.4 Å². The summed E-state index contributed by atoms with van der Waals surface area (Å²) in [6, 6.07) is 22.0. The zero-order valence-electron chi connectivity index (χ0n) is 17.4. The molecule has 0 fully saturated rings. The normalized spacial score (nSPS) is 11.9. The van der Waals surface area contributed by atoms with Gasteiger partial charge in [-0.1, -0.05) is 60.3 Å². The van der Waals surface area contributed by atoms with Gasteiger partial charge in [-0.05, 0) is 53.9 Å². The highest BCUT2D eigenvalue weighted by Gasteiger charge is 2.13. The molecule has 0 saturated heterocycles. The number of rotatable bonds is 8. The van der Waals surface area contributed by atoms with Gasteiger partial charge in [0.15, 0.2) is 6.61 Å². The Bertz CT molecular complexity index is 1190. The van der Waals surface area contributed by atoms with E-state index in [9.17, 15) is 4.79 Å². The Kier molecular flexibility index (Phi) is 6.52. The van der Waals surface area contributed by atoms with Crippen molar-refractivity contribution in [1.29, 1.82) is 0 Å². The number of nitrogens with one attached hydrogen (secondary N) is 1. The van der Waals surface area contributed by atoms with Gasteiger partial charge in [0.2, 0.25) is 5.91 Å². The number of nitrogens with zero attached hydrogens (tertiary/aromatic N) is 2. The van der Waals surface area contributed by atoms with Crippen molar-refractivity contribution in [3.05, 3.63) is 83.7 Å². The van der Waals surface area contributed by atoms with Crippen LogP contribution in [0.1, 0.15) is 30.0 Å². The summed E-state index contributed by atoms with van der Waals surface area (Å²) < 4.78 is 11.2. The first-order chi connectivity index (χ1) is 15.1. The molecule has 3 aromatic carbocycles. The van der Waals surface area contributed by atoms with Crippen molar-refractivity contribution in [2.75, 3.05) is 5.75 Å². The van der Waals surface area contributed by atoms with Crippen LogP contribution < -0.4 is 10.1 Å². The summed E-state index contributed by atoms with van der Waals surface area (Å²) in [6.45, 7) is 4.16. The molecular formula is C24H23N3O3S. The van der Waals surface area contributed by atoms with Crippen LogP contribution in [0.4, 0.5) is 0 Å². The number of amides is 1. The number of ether oxygens (including phenoxy) is 1. The summed E-state index contributed by atoms with van der Waals surface area (Å²) in [5.41, 5.74) is 2.17. The van der Waals surface area contributed by atoms with Crippen LogP contribution in [0.25, 0.3) is 10.8 Å². The van der Waals surface area contributed by atoms with Gasteiger partial charge in [-0.25, -0.2) is 0 Å². The minimum atomic E-state index is -0.0984. The maximum absolute atomic E-state index is 12.4. The second-order valence-corrected chi connectivity index (χ2v) is 8.18. The van der Waals surface area contributed by atoms with Crippen LogP contribution >= 0.6 is 11.8 Å². The van der Waals surface area contributed by atoms with Crippen molar-refractivity contribution in [3.8, 4) is 5.75 Å². The Morgan fingerprint density at radius 2 is 1.90 bits per heavy atom. The Hall–Kier alpha value is -3.32. The molecule has 4 rings (SSSR count). The SMILES string of the molecule is Cc1cccc(OCc2nnc(SCC(=O)NC(C)c3ccc4ccccc4c3)o2)c1. The fourth-order valence-electron chi connectivity index (χ4n) is 3.18. The lowest BCUT2D eigenvalue weighted by Crippen LogP contribution is -2.28. The fourth-order valence-corrected chi connectivity index (χ4v) is 3.77. The van der Waals surface area contributed by atoms with Crippen molar-refractivity contribution >= 4 is 28.4 Å². The summed E-state index contributed by atoms with van der Waals surface area (Å²) in [5.74, 6) is 1.21. The van der Waals surface area contributed by atoms with Gasteiger partial charge < -0.3 is 14.5 Å². The predicted molar refractivity (Wildman–Crippen MR) is 121 cm³/mol. The number of thioether (sulfide) groups is 1. The second kappa shape index (κ2) is 9.66. The highest BCUT2D eigenvalue weighted by atomic mass is 32.2. The minimum absolute atomic E-state index is 0.0959. The molecule has 0 aliphatic carbocycles. The summed E-state index contributed by atoms with van der Waals surface area (Å²) in [4.78, 5) is 12.4. The number of hydrogen-bond acceptors (Lipinski definition) is 6. The van der Waals surface area contributed by atoms with Crippen molar-refractivity contribution in [1.82, 2.24) is 15.5 Å². The molecule has 1 unspecified atom stereocenters. The molecule has 0 spiro atoms. The van der Waals surface area contributed by atoms with E-state index >= 15 is 0 Å². The lowest BCUT2D eigenvalue weighted by Gasteiger charge is -2.14. The second-order valence-electron chi connectivity index (χ2n) is 7.25.